The van der Waals surface area contributed by atoms with Gasteiger partial charge in [0.1, 0.15) is 0 Å². The second-order valence-electron chi connectivity index (χ2n) is 2.83. The van der Waals surface area contributed by atoms with E-state index in [0.29, 0.717) is 0 Å². The zero-order chi connectivity index (χ0) is 9.66. The van der Waals surface area contributed by atoms with Crippen molar-refractivity contribution in [2.24, 2.45) is 0 Å². The third-order valence-corrected chi connectivity index (χ3v) is 1.55. The van der Waals surface area contributed by atoms with E-state index in [9.17, 15) is 0 Å². The van der Waals surface area contributed by atoms with Crippen molar-refractivity contribution in [2.45, 2.75) is 52.4 Å². The molecule has 0 fully saturated rings. The van der Waals surface area contributed by atoms with E-state index < -0.39 is 0 Å². The van der Waals surface area contributed by atoms with Crippen molar-refractivity contribution in [1.29, 1.82) is 0 Å². The van der Waals surface area contributed by atoms with Crippen LogP contribution in [-0.4, -0.2) is 0 Å². The molecule has 0 spiro atoms. The highest BCUT2D eigenvalue weighted by molar-refractivity contribution is 4.65. The molecule has 0 heteroatoms. The molecule has 0 aliphatic rings. The van der Waals surface area contributed by atoms with Crippen LogP contribution in [-0.2, 0) is 0 Å². The van der Waals surface area contributed by atoms with Crippen molar-refractivity contribution in [1.82, 2.24) is 0 Å². The Kier molecular flexibility index (Phi) is 19.7. The Morgan fingerprint density at radius 3 is 1.83 bits per heavy atom. The quantitative estimate of drug-likeness (QED) is 0.397. The van der Waals surface area contributed by atoms with Crippen LogP contribution in [0.25, 0.3) is 0 Å². The highest BCUT2D eigenvalue weighted by Crippen LogP contribution is 2.01. The lowest BCUT2D eigenvalue weighted by Gasteiger charge is -1.91. The van der Waals surface area contributed by atoms with Gasteiger partial charge in [-0.3, -0.25) is 0 Å². The molecule has 0 heterocycles. The summed E-state index contributed by atoms with van der Waals surface area (Å²) < 4.78 is 0. The number of unbranched alkanes of at least 4 members (excludes halogenated alkanes) is 4. The normalized spacial score (nSPS) is 8.17. The van der Waals surface area contributed by atoms with Crippen LogP contribution >= 0.6 is 0 Å². The topological polar surface area (TPSA) is 0 Å². The van der Waals surface area contributed by atoms with Gasteiger partial charge in [-0.05, 0) is 19.3 Å². The minimum absolute atomic E-state index is 1.08. The second-order valence-corrected chi connectivity index (χ2v) is 2.83. The molecule has 0 atom stereocenters. The number of hydrogen-bond acceptors (Lipinski definition) is 0. The Hall–Kier alpha value is -0.520. The highest BCUT2D eigenvalue weighted by atomic mass is 13.9. The van der Waals surface area contributed by atoms with Crippen LogP contribution in [0.5, 0.6) is 0 Å². The van der Waals surface area contributed by atoms with Gasteiger partial charge in [-0.1, -0.05) is 45.3 Å². The van der Waals surface area contributed by atoms with Crippen LogP contribution in [0.3, 0.4) is 0 Å². The fraction of sp³-hybridized carbons (Fsp3) is 0.667. The summed E-state index contributed by atoms with van der Waals surface area (Å²) in [4.78, 5) is 0. The molecule has 0 aliphatic heterocycles. The van der Waals surface area contributed by atoms with Gasteiger partial charge in [0.05, 0.1) is 0 Å². The smallest absolute Gasteiger partial charge is 0.0353 e. The van der Waals surface area contributed by atoms with Gasteiger partial charge in [0, 0.05) is 0 Å². The van der Waals surface area contributed by atoms with E-state index in [1.807, 2.05) is 12.2 Å². The molecular weight excluding hydrogens is 144 g/mol. The van der Waals surface area contributed by atoms with E-state index in [1.165, 1.54) is 32.1 Å². The molecule has 12 heavy (non-hydrogen) atoms. The minimum Gasteiger partial charge on any atom is -0.103 e. The zero-order valence-electron chi connectivity index (χ0n) is 8.81. The van der Waals surface area contributed by atoms with Crippen LogP contribution in [0.1, 0.15) is 52.4 Å². The van der Waals surface area contributed by atoms with E-state index in [-0.39, 0.29) is 0 Å². The summed E-state index contributed by atoms with van der Waals surface area (Å²) in [7, 11) is 0. The van der Waals surface area contributed by atoms with Gasteiger partial charge < -0.3 is 0 Å². The lowest BCUT2D eigenvalue weighted by Crippen LogP contribution is -1.71. The van der Waals surface area contributed by atoms with E-state index >= 15 is 0 Å². The Bertz CT molecular complexity index is 82.0. The van der Waals surface area contributed by atoms with E-state index in [1.54, 1.807) is 0 Å². The van der Waals surface area contributed by atoms with Crippen molar-refractivity contribution in [3.8, 4) is 0 Å². The summed E-state index contributed by atoms with van der Waals surface area (Å²) in [5, 5.41) is 0. The Balaban J connectivity index is 0. The van der Waals surface area contributed by atoms with Crippen LogP contribution in [0.2, 0.25) is 0 Å². The number of hydrogen-bond donors (Lipinski definition) is 0. The molecule has 0 amide bonds. The molecule has 0 aromatic carbocycles. The first kappa shape index (κ1) is 14.0. The van der Waals surface area contributed by atoms with Gasteiger partial charge in [0.15, 0.2) is 0 Å². The first-order chi connectivity index (χ1) is 5.83. The molecule has 72 valence electrons. The average molecular weight is 168 g/mol. The number of allylic oxidation sites excluding steroid dienone is 2. The average Bonchev–Trinajstić information content (AvgIpc) is 2.13. The fourth-order valence-corrected chi connectivity index (χ4v) is 0.715. The minimum atomic E-state index is 1.08. The Morgan fingerprint density at radius 2 is 1.50 bits per heavy atom. The third kappa shape index (κ3) is 22.7. The van der Waals surface area contributed by atoms with Crippen LogP contribution < -0.4 is 0 Å². The van der Waals surface area contributed by atoms with Crippen molar-refractivity contribution >= 4 is 0 Å². The summed E-state index contributed by atoms with van der Waals surface area (Å²) in [6.45, 7) is 11.4. The predicted octanol–water partition coefficient (Wildman–Crippen LogP) is 4.73. The second kappa shape index (κ2) is 16.8. The molecular formula is C12H24. The zero-order valence-corrected chi connectivity index (χ0v) is 8.81. The lowest BCUT2D eigenvalue weighted by atomic mass is 10.2. The molecule has 0 bridgehead atoms. The van der Waals surface area contributed by atoms with Gasteiger partial charge in [0.2, 0.25) is 0 Å². The molecule has 0 N–H and O–H groups in total. The maximum atomic E-state index is 3.66. The van der Waals surface area contributed by atoms with E-state index in [0.717, 1.165) is 6.42 Å². The molecule has 0 unspecified atom stereocenters. The summed E-state index contributed by atoms with van der Waals surface area (Å²) in [5.41, 5.74) is 0. The van der Waals surface area contributed by atoms with Crippen LogP contribution in [0.15, 0.2) is 25.3 Å². The Labute approximate surface area is 78.4 Å². The van der Waals surface area contributed by atoms with Crippen molar-refractivity contribution in [3.05, 3.63) is 25.3 Å². The van der Waals surface area contributed by atoms with Gasteiger partial charge in [-0.25, -0.2) is 0 Å². The van der Waals surface area contributed by atoms with Crippen molar-refractivity contribution in [2.75, 3.05) is 0 Å². The van der Waals surface area contributed by atoms with Crippen molar-refractivity contribution in [3.63, 3.8) is 0 Å². The first-order valence-electron chi connectivity index (χ1n) is 5.05. The van der Waals surface area contributed by atoms with Crippen molar-refractivity contribution < 1.29 is 0 Å². The van der Waals surface area contributed by atoms with E-state index in [4.69, 9.17) is 0 Å². The standard InChI is InChI=1S/C8H16.C4H8/c1-3-5-7-8-6-4-2;1-3-4-2/h3H,1,4-8H2,2H3;3H,1,4H2,2H3. The molecule has 0 radical (unpaired) electrons. The predicted molar refractivity (Wildman–Crippen MR) is 59.4 cm³/mol. The summed E-state index contributed by atoms with van der Waals surface area (Å²) in [5.74, 6) is 0. The SMILES string of the molecule is C=CCC.C=CCCCCCC. The summed E-state index contributed by atoms with van der Waals surface area (Å²) >= 11 is 0. The molecule has 0 saturated carbocycles. The maximum Gasteiger partial charge on any atom is -0.0353 e. The van der Waals surface area contributed by atoms with Gasteiger partial charge in [0.25, 0.3) is 0 Å². The highest BCUT2D eigenvalue weighted by Gasteiger charge is 1.81. The summed E-state index contributed by atoms with van der Waals surface area (Å²) in [6.07, 6.45) is 11.6. The fourth-order valence-electron chi connectivity index (χ4n) is 0.715. The molecule has 0 nitrogen and oxygen atoms in total. The van der Waals surface area contributed by atoms with E-state index in [2.05, 4.69) is 27.0 Å². The van der Waals surface area contributed by atoms with Crippen LogP contribution in [0, 0.1) is 0 Å². The molecule has 0 saturated heterocycles. The maximum absolute atomic E-state index is 3.66. The Morgan fingerprint density at radius 1 is 0.917 bits per heavy atom. The van der Waals surface area contributed by atoms with Gasteiger partial charge in [-0.15, -0.1) is 13.2 Å². The van der Waals surface area contributed by atoms with Gasteiger partial charge >= 0.3 is 0 Å². The molecule has 0 aromatic heterocycles. The number of rotatable bonds is 6. The van der Waals surface area contributed by atoms with Gasteiger partial charge in [-0.2, -0.15) is 0 Å². The largest absolute Gasteiger partial charge is 0.103 e. The third-order valence-electron chi connectivity index (χ3n) is 1.55. The summed E-state index contributed by atoms with van der Waals surface area (Å²) in [6, 6.07) is 0. The first-order valence-corrected chi connectivity index (χ1v) is 5.05. The molecule has 0 aromatic rings. The molecule has 0 aliphatic carbocycles. The monoisotopic (exact) mass is 168 g/mol. The molecule has 0 rings (SSSR count). The van der Waals surface area contributed by atoms with Crippen LogP contribution in [0.4, 0.5) is 0 Å². The lowest BCUT2D eigenvalue weighted by molar-refractivity contribution is 0.675.